The van der Waals surface area contributed by atoms with Crippen molar-refractivity contribution in [3.63, 3.8) is 0 Å². The standard InChI is InChI=1S/C26H24F3N3O3/c27-20-2-1-3-21(28)25(20)32-23(19(11-30-32)14-4-5-14)13-35-24-10-17-8-15(24)12-31(17)16-6-7-18(26(33)34)22(29)9-16/h1-3,6-7,9,11,14-15,17,24H,4-5,8,10,12-13H2,(H,33,34)/t15-,17-,24+/m0/s1. The van der Waals surface area contributed by atoms with E-state index in [9.17, 15) is 18.0 Å². The number of carbonyl (C=O) groups is 1. The molecule has 2 aromatic carbocycles. The molecule has 3 atom stereocenters. The van der Waals surface area contributed by atoms with Gasteiger partial charge in [0.1, 0.15) is 11.5 Å². The highest BCUT2D eigenvalue weighted by Crippen LogP contribution is 2.45. The predicted octanol–water partition coefficient (Wildman–Crippen LogP) is 5.05. The number of ether oxygens (including phenoxy) is 1. The molecule has 2 aliphatic carbocycles. The number of carboxylic acid groups (broad SMARTS) is 1. The first kappa shape index (κ1) is 22.2. The summed E-state index contributed by atoms with van der Waals surface area (Å²) in [5.74, 6) is -2.80. The summed E-state index contributed by atoms with van der Waals surface area (Å²) in [6.07, 6.45) is 5.36. The van der Waals surface area contributed by atoms with E-state index in [1.54, 1.807) is 12.3 Å². The smallest absolute Gasteiger partial charge is 0.338 e. The van der Waals surface area contributed by atoms with E-state index in [0.717, 1.165) is 31.2 Å². The Balaban J connectivity index is 1.18. The van der Waals surface area contributed by atoms with E-state index in [0.29, 0.717) is 23.8 Å². The normalized spacial score (nSPS) is 23.3. The lowest BCUT2D eigenvalue weighted by atomic mass is 10.0. The highest BCUT2D eigenvalue weighted by molar-refractivity contribution is 5.88. The van der Waals surface area contributed by atoms with Crippen molar-refractivity contribution in [1.29, 1.82) is 0 Å². The van der Waals surface area contributed by atoms with E-state index in [2.05, 4.69) is 10.00 Å². The van der Waals surface area contributed by atoms with Crippen molar-refractivity contribution >= 4 is 11.7 Å². The fourth-order valence-electron chi connectivity index (χ4n) is 5.62. The number of nitrogens with zero attached hydrogens (tertiary/aromatic N) is 3. The van der Waals surface area contributed by atoms with Crippen molar-refractivity contribution < 1.29 is 27.8 Å². The summed E-state index contributed by atoms with van der Waals surface area (Å²) in [7, 11) is 0. The molecule has 0 amide bonds. The van der Waals surface area contributed by atoms with Crippen LogP contribution in [0.15, 0.2) is 42.6 Å². The number of fused-ring (bicyclic) bond motifs is 2. The van der Waals surface area contributed by atoms with Crippen LogP contribution in [0.3, 0.4) is 0 Å². The summed E-state index contributed by atoms with van der Waals surface area (Å²) < 4.78 is 50.9. The molecular formula is C26H24F3N3O3. The minimum Gasteiger partial charge on any atom is -0.478 e. The van der Waals surface area contributed by atoms with Gasteiger partial charge in [-0.15, -0.1) is 0 Å². The first-order valence-corrected chi connectivity index (χ1v) is 11.8. The van der Waals surface area contributed by atoms with Gasteiger partial charge in [-0.05, 0) is 67.5 Å². The van der Waals surface area contributed by atoms with E-state index >= 15 is 0 Å². The summed E-state index contributed by atoms with van der Waals surface area (Å²) in [5, 5.41) is 13.4. The van der Waals surface area contributed by atoms with Gasteiger partial charge >= 0.3 is 5.97 Å². The number of halogens is 3. The maximum atomic E-state index is 14.5. The van der Waals surface area contributed by atoms with Crippen LogP contribution in [-0.4, -0.2) is 39.5 Å². The van der Waals surface area contributed by atoms with Crippen LogP contribution in [0.1, 0.15) is 53.2 Å². The van der Waals surface area contributed by atoms with Gasteiger partial charge in [0, 0.05) is 24.2 Å². The highest BCUT2D eigenvalue weighted by atomic mass is 19.1. The molecule has 1 aromatic heterocycles. The van der Waals surface area contributed by atoms with Gasteiger partial charge < -0.3 is 14.7 Å². The third-order valence-corrected chi connectivity index (χ3v) is 7.49. The Hall–Kier alpha value is -3.33. The zero-order valence-electron chi connectivity index (χ0n) is 18.8. The number of para-hydroxylation sites is 1. The van der Waals surface area contributed by atoms with Crippen LogP contribution < -0.4 is 4.90 Å². The molecule has 35 heavy (non-hydrogen) atoms. The summed E-state index contributed by atoms with van der Waals surface area (Å²) in [4.78, 5) is 13.2. The van der Waals surface area contributed by atoms with Gasteiger partial charge in [0.15, 0.2) is 11.6 Å². The van der Waals surface area contributed by atoms with Crippen LogP contribution >= 0.6 is 0 Å². The van der Waals surface area contributed by atoms with Gasteiger partial charge in [-0.25, -0.2) is 22.6 Å². The Kier molecular flexibility index (Phi) is 5.32. The Labute approximate surface area is 199 Å². The van der Waals surface area contributed by atoms with E-state index < -0.39 is 23.4 Å². The minimum atomic E-state index is -1.29. The number of anilines is 1. The minimum absolute atomic E-state index is 0.0275. The molecule has 1 saturated heterocycles. The second kappa shape index (κ2) is 8.41. The first-order valence-electron chi connectivity index (χ1n) is 11.8. The van der Waals surface area contributed by atoms with Crippen molar-refractivity contribution in [2.75, 3.05) is 11.4 Å². The number of hydrogen-bond donors (Lipinski definition) is 1. The molecule has 3 aromatic rings. The Bertz CT molecular complexity index is 1290. The number of benzene rings is 2. The number of aromatic nitrogens is 2. The molecule has 0 unspecified atom stereocenters. The van der Waals surface area contributed by atoms with Crippen LogP contribution in [0.4, 0.5) is 18.9 Å². The lowest BCUT2D eigenvalue weighted by Gasteiger charge is -2.33. The highest BCUT2D eigenvalue weighted by Gasteiger charge is 2.45. The lowest BCUT2D eigenvalue weighted by molar-refractivity contribution is 0.00986. The summed E-state index contributed by atoms with van der Waals surface area (Å²) in [6, 6.07) is 8.16. The molecule has 9 heteroatoms. The van der Waals surface area contributed by atoms with E-state index in [1.807, 2.05) is 0 Å². The third kappa shape index (κ3) is 3.87. The first-order chi connectivity index (χ1) is 16.9. The molecule has 2 bridgehead atoms. The zero-order valence-corrected chi connectivity index (χ0v) is 18.8. The predicted molar refractivity (Wildman–Crippen MR) is 121 cm³/mol. The van der Waals surface area contributed by atoms with Gasteiger partial charge in [-0.3, -0.25) is 0 Å². The molecule has 1 aliphatic heterocycles. The topological polar surface area (TPSA) is 67.6 Å². The number of hydrogen-bond acceptors (Lipinski definition) is 4. The SMILES string of the molecule is O=C(O)c1ccc(N2C[C@@H]3C[C@H]2C[C@H]3OCc2c(C3CC3)cnn2-c2c(F)cccc2F)cc1F. The molecule has 2 heterocycles. The average Bonchev–Trinajstić information content (AvgIpc) is 3.28. The second-order valence-corrected chi connectivity index (χ2v) is 9.66. The lowest BCUT2D eigenvalue weighted by Crippen LogP contribution is -2.38. The Morgan fingerprint density at radius 3 is 2.49 bits per heavy atom. The van der Waals surface area contributed by atoms with E-state index in [1.165, 1.54) is 35.0 Å². The van der Waals surface area contributed by atoms with Gasteiger partial charge in [-0.1, -0.05) is 6.07 Å². The molecule has 2 saturated carbocycles. The second-order valence-electron chi connectivity index (χ2n) is 9.66. The average molecular weight is 483 g/mol. The summed E-state index contributed by atoms with van der Waals surface area (Å²) >= 11 is 0. The van der Waals surface area contributed by atoms with Gasteiger partial charge in [0.05, 0.1) is 30.2 Å². The molecule has 3 aliphatic rings. The Morgan fingerprint density at radius 1 is 1.09 bits per heavy atom. The van der Waals surface area contributed by atoms with Gasteiger partial charge in [0.2, 0.25) is 0 Å². The molecule has 0 radical (unpaired) electrons. The van der Waals surface area contributed by atoms with Crippen LogP contribution in [0.5, 0.6) is 0 Å². The van der Waals surface area contributed by atoms with Crippen LogP contribution in [-0.2, 0) is 11.3 Å². The van der Waals surface area contributed by atoms with E-state index in [4.69, 9.17) is 9.84 Å². The maximum absolute atomic E-state index is 14.5. The summed E-state index contributed by atoms with van der Waals surface area (Å²) in [5.41, 5.74) is 1.80. The molecular weight excluding hydrogens is 459 g/mol. The van der Waals surface area contributed by atoms with Crippen molar-refractivity contribution in [2.45, 2.75) is 50.4 Å². The third-order valence-electron chi connectivity index (χ3n) is 7.49. The largest absolute Gasteiger partial charge is 0.478 e. The summed E-state index contributed by atoms with van der Waals surface area (Å²) in [6.45, 7) is 0.882. The molecule has 6 nitrogen and oxygen atoms in total. The van der Waals surface area contributed by atoms with Gasteiger partial charge in [-0.2, -0.15) is 5.10 Å². The molecule has 3 fully saturated rings. The molecule has 6 rings (SSSR count). The molecule has 182 valence electrons. The van der Waals surface area contributed by atoms with Crippen molar-refractivity contribution in [1.82, 2.24) is 9.78 Å². The molecule has 1 N–H and O–H groups in total. The van der Waals surface area contributed by atoms with Crippen LogP contribution in [0.2, 0.25) is 0 Å². The van der Waals surface area contributed by atoms with Gasteiger partial charge in [0.25, 0.3) is 0 Å². The number of carboxylic acids is 1. The fraction of sp³-hybridized carbons (Fsp3) is 0.385. The van der Waals surface area contributed by atoms with Crippen molar-refractivity contribution in [3.8, 4) is 5.69 Å². The quantitative estimate of drug-likeness (QED) is 0.510. The monoisotopic (exact) mass is 483 g/mol. The fourth-order valence-corrected chi connectivity index (χ4v) is 5.62. The maximum Gasteiger partial charge on any atom is 0.338 e. The van der Waals surface area contributed by atoms with Crippen LogP contribution in [0.25, 0.3) is 5.69 Å². The molecule has 0 spiro atoms. The number of aromatic carboxylic acids is 1. The number of piperidine rings is 1. The van der Waals surface area contributed by atoms with Crippen LogP contribution in [0, 0.1) is 23.4 Å². The van der Waals surface area contributed by atoms with Crippen molar-refractivity contribution in [3.05, 3.63) is 76.9 Å². The van der Waals surface area contributed by atoms with Crippen molar-refractivity contribution in [2.24, 2.45) is 5.92 Å². The zero-order chi connectivity index (χ0) is 24.3. The van der Waals surface area contributed by atoms with E-state index in [-0.39, 0.29) is 35.9 Å². The Morgan fingerprint density at radius 2 is 1.86 bits per heavy atom. The number of rotatable bonds is 7.